The maximum atomic E-state index is 12.0. The molecule has 0 bridgehead atoms. The number of rotatable bonds is 5. The first-order valence-corrected chi connectivity index (χ1v) is 7.19. The monoisotopic (exact) mass is 333 g/mol. The molecule has 23 heavy (non-hydrogen) atoms. The van der Waals surface area contributed by atoms with E-state index in [0.29, 0.717) is 22.2 Å². The summed E-state index contributed by atoms with van der Waals surface area (Å²) in [7, 11) is 3.33. The van der Waals surface area contributed by atoms with Crippen molar-refractivity contribution in [3.05, 3.63) is 53.3 Å². The van der Waals surface area contributed by atoms with Crippen molar-refractivity contribution >= 4 is 29.1 Å². The Bertz CT molecular complexity index is 685. The minimum absolute atomic E-state index is 0.0326. The molecule has 1 heterocycles. The molecule has 7 heteroatoms. The van der Waals surface area contributed by atoms with Crippen LogP contribution in [0.4, 0.5) is 5.69 Å². The van der Waals surface area contributed by atoms with Gasteiger partial charge in [-0.3, -0.25) is 9.59 Å². The molecule has 120 valence electrons. The molecule has 0 saturated heterocycles. The number of carbonyl (C=O) groups excluding carboxylic acids is 2. The molecule has 0 spiro atoms. The van der Waals surface area contributed by atoms with Crippen LogP contribution in [0, 0.1) is 0 Å². The molecule has 0 radical (unpaired) electrons. The van der Waals surface area contributed by atoms with Gasteiger partial charge in [0.25, 0.3) is 11.8 Å². The van der Waals surface area contributed by atoms with Crippen LogP contribution in [0.2, 0.25) is 5.15 Å². The van der Waals surface area contributed by atoms with Gasteiger partial charge in [-0.15, -0.1) is 0 Å². The summed E-state index contributed by atoms with van der Waals surface area (Å²) in [4.78, 5) is 28.8. The van der Waals surface area contributed by atoms with Gasteiger partial charge in [-0.05, 0) is 36.4 Å². The SMILES string of the molecule is CN(C)C(=O)COc1ccc(NC(=O)c2ccc(Cl)nc2)cc1. The first-order chi connectivity index (χ1) is 11.0. The number of hydrogen-bond donors (Lipinski definition) is 1. The van der Waals surface area contributed by atoms with E-state index in [9.17, 15) is 9.59 Å². The molecule has 0 fully saturated rings. The lowest BCUT2D eigenvalue weighted by Crippen LogP contribution is -2.27. The summed E-state index contributed by atoms with van der Waals surface area (Å²) >= 11 is 5.68. The molecule has 2 rings (SSSR count). The highest BCUT2D eigenvalue weighted by Crippen LogP contribution is 2.16. The number of benzene rings is 1. The number of aromatic nitrogens is 1. The van der Waals surface area contributed by atoms with Gasteiger partial charge in [0.2, 0.25) is 0 Å². The molecule has 6 nitrogen and oxygen atoms in total. The van der Waals surface area contributed by atoms with Crippen LogP contribution in [0.3, 0.4) is 0 Å². The van der Waals surface area contributed by atoms with Crippen LogP contribution in [0.25, 0.3) is 0 Å². The smallest absolute Gasteiger partial charge is 0.259 e. The number of carbonyl (C=O) groups is 2. The average Bonchev–Trinajstić information content (AvgIpc) is 2.54. The van der Waals surface area contributed by atoms with E-state index in [0.717, 1.165) is 0 Å². The molecule has 1 N–H and O–H groups in total. The van der Waals surface area contributed by atoms with Crippen LogP contribution in [0.15, 0.2) is 42.6 Å². The van der Waals surface area contributed by atoms with E-state index in [4.69, 9.17) is 16.3 Å². The lowest BCUT2D eigenvalue weighted by Gasteiger charge is -2.11. The first-order valence-electron chi connectivity index (χ1n) is 6.81. The van der Waals surface area contributed by atoms with E-state index in [1.807, 2.05) is 0 Å². The van der Waals surface area contributed by atoms with Crippen molar-refractivity contribution in [2.24, 2.45) is 0 Å². The fraction of sp³-hybridized carbons (Fsp3) is 0.188. The summed E-state index contributed by atoms with van der Waals surface area (Å²) < 4.78 is 5.36. The topological polar surface area (TPSA) is 71.5 Å². The zero-order valence-electron chi connectivity index (χ0n) is 12.7. The van der Waals surface area contributed by atoms with Gasteiger partial charge in [-0.1, -0.05) is 11.6 Å². The van der Waals surface area contributed by atoms with Gasteiger partial charge >= 0.3 is 0 Å². The summed E-state index contributed by atoms with van der Waals surface area (Å²) in [6, 6.07) is 9.88. The summed E-state index contributed by atoms with van der Waals surface area (Å²) in [5.74, 6) is 0.134. The molecule has 0 aliphatic carbocycles. The Morgan fingerprint density at radius 2 is 1.87 bits per heavy atom. The van der Waals surface area contributed by atoms with E-state index in [2.05, 4.69) is 10.3 Å². The number of nitrogens with zero attached hydrogens (tertiary/aromatic N) is 2. The third-order valence-corrected chi connectivity index (χ3v) is 3.19. The molecule has 1 aromatic heterocycles. The Morgan fingerprint density at radius 3 is 2.43 bits per heavy atom. The van der Waals surface area contributed by atoms with E-state index >= 15 is 0 Å². The summed E-state index contributed by atoms with van der Waals surface area (Å²) in [6.45, 7) is -0.0326. The quantitative estimate of drug-likeness (QED) is 0.853. The lowest BCUT2D eigenvalue weighted by atomic mass is 10.2. The highest BCUT2D eigenvalue weighted by Gasteiger charge is 2.08. The highest BCUT2D eigenvalue weighted by atomic mass is 35.5. The van der Waals surface area contributed by atoms with Crippen LogP contribution in [0.1, 0.15) is 10.4 Å². The van der Waals surface area contributed by atoms with Crippen molar-refractivity contribution in [3.8, 4) is 5.75 Å². The molecule has 2 aromatic rings. The van der Waals surface area contributed by atoms with Gasteiger partial charge in [0, 0.05) is 26.0 Å². The van der Waals surface area contributed by atoms with Gasteiger partial charge < -0.3 is 15.0 Å². The fourth-order valence-electron chi connectivity index (χ4n) is 1.62. The predicted octanol–water partition coefficient (Wildman–Crippen LogP) is 2.45. The lowest BCUT2D eigenvalue weighted by molar-refractivity contribution is -0.130. The number of ether oxygens (including phenoxy) is 1. The maximum Gasteiger partial charge on any atom is 0.259 e. The Morgan fingerprint density at radius 1 is 1.17 bits per heavy atom. The van der Waals surface area contributed by atoms with Crippen LogP contribution >= 0.6 is 11.6 Å². The van der Waals surface area contributed by atoms with Gasteiger partial charge in [0.05, 0.1) is 5.56 Å². The molecule has 0 aliphatic rings. The van der Waals surface area contributed by atoms with Crippen molar-refractivity contribution in [1.82, 2.24) is 9.88 Å². The molecule has 0 aliphatic heterocycles. The third-order valence-electron chi connectivity index (χ3n) is 2.96. The number of nitrogens with one attached hydrogen (secondary N) is 1. The average molecular weight is 334 g/mol. The normalized spacial score (nSPS) is 10.0. The second-order valence-corrected chi connectivity index (χ2v) is 5.31. The number of anilines is 1. The summed E-state index contributed by atoms with van der Waals surface area (Å²) in [6.07, 6.45) is 1.40. The molecular formula is C16H16ClN3O3. The largest absolute Gasteiger partial charge is 0.484 e. The molecule has 0 atom stereocenters. The Labute approximate surface area is 139 Å². The predicted molar refractivity (Wildman–Crippen MR) is 87.8 cm³/mol. The standard InChI is InChI=1S/C16H16ClN3O3/c1-20(2)15(21)10-23-13-6-4-12(5-7-13)19-16(22)11-3-8-14(17)18-9-11/h3-9H,10H2,1-2H3,(H,19,22). The Hall–Kier alpha value is -2.60. The highest BCUT2D eigenvalue weighted by molar-refractivity contribution is 6.29. The van der Waals surface area contributed by atoms with Crippen LogP contribution in [0.5, 0.6) is 5.75 Å². The van der Waals surface area contributed by atoms with Crippen LogP contribution < -0.4 is 10.1 Å². The first kappa shape index (κ1) is 16.8. The third kappa shape index (κ3) is 4.96. The van der Waals surface area contributed by atoms with Crippen LogP contribution in [-0.2, 0) is 4.79 Å². The number of amides is 2. The molecule has 1 aromatic carbocycles. The molecular weight excluding hydrogens is 318 g/mol. The van der Waals surface area contributed by atoms with Gasteiger partial charge in [-0.25, -0.2) is 4.98 Å². The molecule has 2 amide bonds. The second kappa shape index (κ2) is 7.60. The molecule has 0 saturated carbocycles. The Balaban J connectivity index is 1.93. The Kier molecular flexibility index (Phi) is 5.54. The number of likely N-dealkylation sites (N-methyl/N-ethyl adjacent to an activating group) is 1. The van der Waals surface area contributed by atoms with E-state index in [1.165, 1.54) is 11.1 Å². The number of pyridine rings is 1. The summed E-state index contributed by atoms with van der Waals surface area (Å²) in [5.41, 5.74) is 1.02. The van der Waals surface area contributed by atoms with Crippen molar-refractivity contribution < 1.29 is 14.3 Å². The van der Waals surface area contributed by atoms with Gasteiger partial charge in [0.1, 0.15) is 10.9 Å². The minimum atomic E-state index is -0.286. The van der Waals surface area contributed by atoms with E-state index in [-0.39, 0.29) is 18.4 Å². The van der Waals surface area contributed by atoms with Crippen molar-refractivity contribution in [2.45, 2.75) is 0 Å². The zero-order valence-corrected chi connectivity index (χ0v) is 13.5. The van der Waals surface area contributed by atoms with E-state index < -0.39 is 0 Å². The van der Waals surface area contributed by atoms with Crippen molar-refractivity contribution in [2.75, 3.05) is 26.0 Å². The fourth-order valence-corrected chi connectivity index (χ4v) is 1.73. The maximum absolute atomic E-state index is 12.0. The second-order valence-electron chi connectivity index (χ2n) is 4.92. The van der Waals surface area contributed by atoms with Gasteiger partial charge in [0.15, 0.2) is 6.61 Å². The van der Waals surface area contributed by atoms with Crippen molar-refractivity contribution in [1.29, 1.82) is 0 Å². The molecule has 0 unspecified atom stereocenters. The summed E-state index contributed by atoms with van der Waals surface area (Å²) in [5, 5.41) is 3.06. The number of hydrogen-bond acceptors (Lipinski definition) is 4. The minimum Gasteiger partial charge on any atom is -0.484 e. The zero-order chi connectivity index (χ0) is 16.8. The van der Waals surface area contributed by atoms with Crippen molar-refractivity contribution in [3.63, 3.8) is 0 Å². The van der Waals surface area contributed by atoms with E-state index in [1.54, 1.807) is 50.5 Å². The van der Waals surface area contributed by atoms with Gasteiger partial charge in [-0.2, -0.15) is 0 Å². The number of halogens is 1. The van der Waals surface area contributed by atoms with Crippen LogP contribution in [-0.4, -0.2) is 42.4 Å².